The minimum Gasteiger partial charge on any atom is -0.481 e. The van der Waals surface area contributed by atoms with E-state index in [-0.39, 0.29) is 13.0 Å². The number of amides is 1. The summed E-state index contributed by atoms with van der Waals surface area (Å²) in [6.07, 6.45) is -3.66. The van der Waals surface area contributed by atoms with E-state index in [0.29, 0.717) is 19.3 Å². The largest absolute Gasteiger partial charge is 0.481 e. The molecule has 3 atom stereocenters. The molecule has 5 nitrogen and oxygen atoms in total. The fourth-order valence-corrected chi connectivity index (χ4v) is 3.21. The van der Waals surface area contributed by atoms with Gasteiger partial charge in [0.05, 0.1) is 5.41 Å². The molecule has 0 aromatic heterocycles. The number of rotatable bonds is 3. The van der Waals surface area contributed by atoms with Crippen molar-refractivity contribution in [3.63, 3.8) is 0 Å². The number of carboxylic acid groups (broad SMARTS) is 1. The predicted octanol–water partition coefficient (Wildman–Crippen LogP) is 1.29. The van der Waals surface area contributed by atoms with E-state index in [4.69, 9.17) is 0 Å². The summed E-state index contributed by atoms with van der Waals surface area (Å²) in [5.41, 5.74) is -3.65. The second-order valence-electron chi connectivity index (χ2n) is 6.15. The summed E-state index contributed by atoms with van der Waals surface area (Å²) in [6, 6.07) is -0.762. The number of carbonyl (C=O) groups is 2. The number of aliphatic carboxylic acids is 1. The molecule has 8 heteroatoms. The lowest BCUT2D eigenvalue weighted by Crippen LogP contribution is -2.57. The molecule has 0 bridgehead atoms. The van der Waals surface area contributed by atoms with Crippen LogP contribution in [0.5, 0.6) is 0 Å². The Balaban J connectivity index is 2.19. The van der Waals surface area contributed by atoms with Crippen LogP contribution in [0.25, 0.3) is 0 Å². The van der Waals surface area contributed by atoms with Crippen LogP contribution in [0.4, 0.5) is 13.2 Å². The Morgan fingerprint density at radius 1 is 1.33 bits per heavy atom. The highest BCUT2D eigenvalue weighted by atomic mass is 19.4. The first-order chi connectivity index (χ1) is 9.63. The Bertz CT molecular complexity index is 446. The molecule has 1 saturated carbocycles. The zero-order chi connectivity index (χ0) is 15.9. The van der Waals surface area contributed by atoms with Crippen LogP contribution in [0.1, 0.15) is 32.6 Å². The van der Waals surface area contributed by atoms with E-state index < -0.39 is 41.5 Å². The summed E-state index contributed by atoms with van der Waals surface area (Å²) in [5.74, 6) is -2.20. The van der Waals surface area contributed by atoms with Gasteiger partial charge in [-0.3, -0.25) is 9.59 Å². The van der Waals surface area contributed by atoms with Gasteiger partial charge in [-0.1, -0.05) is 6.42 Å². The molecule has 1 aliphatic heterocycles. The Morgan fingerprint density at radius 3 is 2.48 bits per heavy atom. The van der Waals surface area contributed by atoms with Crippen molar-refractivity contribution in [1.82, 2.24) is 10.6 Å². The van der Waals surface area contributed by atoms with Gasteiger partial charge in [0.2, 0.25) is 5.91 Å². The molecule has 21 heavy (non-hydrogen) atoms. The van der Waals surface area contributed by atoms with E-state index >= 15 is 0 Å². The first kappa shape index (κ1) is 16.1. The first-order valence-electron chi connectivity index (χ1n) is 6.95. The molecule has 1 saturated heterocycles. The second kappa shape index (κ2) is 5.15. The molecule has 120 valence electrons. The zero-order valence-corrected chi connectivity index (χ0v) is 11.7. The Kier molecular flexibility index (Phi) is 3.94. The molecule has 0 aromatic rings. The van der Waals surface area contributed by atoms with Gasteiger partial charge in [-0.2, -0.15) is 13.2 Å². The second-order valence-corrected chi connectivity index (χ2v) is 6.15. The smallest absolute Gasteiger partial charge is 0.404 e. The highest BCUT2D eigenvalue weighted by Crippen LogP contribution is 2.45. The van der Waals surface area contributed by atoms with Gasteiger partial charge in [0, 0.05) is 12.6 Å². The summed E-state index contributed by atoms with van der Waals surface area (Å²) in [4.78, 5) is 23.5. The van der Waals surface area contributed by atoms with Gasteiger partial charge in [-0.05, 0) is 32.7 Å². The minimum atomic E-state index is -4.65. The van der Waals surface area contributed by atoms with Crippen LogP contribution in [-0.4, -0.2) is 42.3 Å². The van der Waals surface area contributed by atoms with E-state index in [0.717, 1.165) is 0 Å². The molecule has 1 aliphatic carbocycles. The lowest BCUT2D eigenvalue weighted by Gasteiger charge is -2.34. The summed E-state index contributed by atoms with van der Waals surface area (Å²) < 4.78 is 39.8. The fraction of sp³-hybridized carbons (Fsp3) is 0.846. The third-order valence-electron chi connectivity index (χ3n) is 4.88. The molecule has 0 radical (unpaired) electrons. The number of carboxylic acids is 1. The lowest BCUT2D eigenvalue weighted by molar-refractivity contribution is -0.216. The summed E-state index contributed by atoms with van der Waals surface area (Å²) >= 11 is 0. The fourth-order valence-electron chi connectivity index (χ4n) is 3.21. The minimum absolute atomic E-state index is 0.119. The van der Waals surface area contributed by atoms with Crippen molar-refractivity contribution in [2.24, 2.45) is 10.8 Å². The zero-order valence-electron chi connectivity index (χ0n) is 11.7. The molecule has 3 unspecified atom stereocenters. The molecule has 0 spiro atoms. The van der Waals surface area contributed by atoms with Gasteiger partial charge in [-0.15, -0.1) is 0 Å². The van der Waals surface area contributed by atoms with Gasteiger partial charge in [0.1, 0.15) is 0 Å². The monoisotopic (exact) mass is 308 g/mol. The van der Waals surface area contributed by atoms with Gasteiger partial charge < -0.3 is 15.7 Å². The van der Waals surface area contributed by atoms with Crippen molar-refractivity contribution in [1.29, 1.82) is 0 Å². The summed E-state index contributed by atoms with van der Waals surface area (Å²) in [6.45, 7) is 1.13. The van der Waals surface area contributed by atoms with Crippen LogP contribution in [-0.2, 0) is 9.59 Å². The van der Waals surface area contributed by atoms with Gasteiger partial charge in [0.25, 0.3) is 0 Å². The number of halogens is 3. The topological polar surface area (TPSA) is 78.4 Å². The van der Waals surface area contributed by atoms with E-state index in [9.17, 15) is 27.9 Å². The molecule has 3 N–H and O–H groups in total. The molecule has 2 fully saturated rings. The Labute approximate surface area is 120 Å². The van der Waals surface area contributed by atoms with Crippen LogP contribution >= 0.6 is 0 Å². The number of alkyl halides is 3. The van der Waals surface area contributed by atoms with E-state index in [2.05, 4.69) is 10.6 Å². The molecule has 2 rings (SSSR count). The predicted molar refractivity (Wildman–Crippen MR) is 67.5 cm³/mol. The summed E-state index contributed by atoms with van der Waals surface area (Å²) in [5, 5.41) is 14.2. The third-order valence-corrected chi connectivity index (χ3v) is 4.88. The highest BCUT2D eigenvalue weighted by Gasteiger charge is 2.62. The molecular weight excluding hydrogens is 289 g/mol. The van der Waals surface area contributed by atoms with Crippen molar-refractivity contribution in [2.75, 3.05) is 13.1 Å². The maximum absolute atomic E-state index is 13.3. The normalized spacial score (nSPS) is 36.7. The van der Waals surface area contributed by atoms with Gasteiger partial charge in [0.15, 0.2) is 5.41 Å². The van der Waals surface area contributed by atoms with Crippen molar-refractivity contribution in [2.45, 2.75) is 44.8 Å². The van der Waals surface area contributed by atoms with Crippen LogP contribution in [0.2, 0.25) is 0 Å². The average Bonchev–Trinajstić information content (AvgIpc) is 2.97. The third kappa shape index (κ3) is 2.49. The van der Waals surface area contributed by atoms with Crippen molar-refractivity contribution in [3.05, 3.63) is 0 Å². The molecule has 1 amide bonds. The summed E-state index contributed by atoms with van der Waals surface area (Å²) in [7, 11) is 0. The quantitative estimate of drug-likeness (QED) is 0.734. The molecule has 1 heterocycles. The van der Waals surface area contributed by atoms with Crippen molar-refractivity contribution >= 4 is 11.9 Å². The number of nitrogens with one attached hydrogen (secondary N) is 2. The van der Waals surface area contributed by atoms with Gasteiger partial charge in [-0.25, -0.2) is 0 Å². The van der Waals surface area contributed by atoms with Gasteiger partial charge >= 0.3 is 12.1 Å². The van der Waals surface area contributed by atoms with Crippen LogP contribution < -0.4 is 10.6 Å². The molecular formula is C13H19F3N2O3. The standard InChI is InChI=1S/C13H19F3N2O3/c1-11(10(20)21)4-2-3-8(11)18-9(19)12(13(14,15)16)5-6-17-7-12/h8,17H,2-7H2,1H3,(H,18,19)(H,20,21). The van der Waals surface area contributed by atoms with Crippen LogP contribution in [0.15, 0.2) is 0 Å². The SMILES string of the molecule is CC1(C(=O)O)CCCC1NC(=O)C1(C(F)(F)F)CCNC1. The number of hydrogen-bond donors (Lipinski definition) is 3. The average molecular weight is 308 g/mol. The van der Waals surface area contributed by atoms with Crippen molar-refractivity contribution in [3.8, 4) is 0 Å². The maximum Gasteiger partial charge on any atom is 0.404 e. The van der Waals surface area contributed by atoms with Crippen LogP contribution in [0.3, 0.4) is 0 Å². The molecule has 2 aliphatic rings. The molecule has 0 aromatic carbocycles. The highest BCUT2D eigenvalue weighted by molar-refractivity contribution is 5.86. The van der Waals surface area contributed by atoms with E-state index in [1.807, 2.05) is 0 Å². The lowest BCUT2D eigenvalue weighted by atomic mass is 9.81. The number of carbonyl (C=O) groups excluding carboxylic acids is 1. The Morgan fingerprint density at radius 2 is 2.00 bits per heavy atom. The van der Waals surface area contributed by atoms with Crippen LogP contribution in [0, 0.1) is 10.8 Å². The first-order valence-corrected chi connectivity index (χ1v) is 6.95. The Hall–Kier alpha value is -1.31. The van der Waals surface area contributed by atoms with E-state index in [1.165, 1.54) is 6.92 Å². The maximum atomic E-state index is 13.3. The number of hydrogen-bond acceptors (Lipinski definition) is 3. The van der Waals surface area contributed by atoms with Crippen molar-refractivity contribution < 1.29 is 27.9 Å². The van der Waals surface area contributed by atoms with E-state index in [1.54, 1.807) is 0 Å².